The molecule has 0 saturated heterocycles. The number of anilines is 1. The number of benzene rings is 2. The third kappa shape index (κ3) is 3.70. The quantitative estimate of drug-likeness (QED) is 0.759. The molecule has 0 amide bonds. The number of aromatic nitrogens is 2. The smallest absolute Gasteiger partial charge is 0.235 e. The summed E-state index contributed by atoms with van der Waals surface area (Å²) < 4.78 is 6.66. The first kappa shape index (κ1) is 13.8. The molecule has 0 atom stereocenters. The lowest BCUT2D eigenvalue weighted by Crippen LogP contribution is -2.00. The summed E-state index contributed by atoms with van der Waals surface area (Å²) in [6.45, 7) is 0.504. The molecule has 0 radical (unpaired) electrons. The second-order valence-corrected chi connectivity index (χ2v) is 5.44. The Hall–Kier alpha value is -2.14. The van der Waals surface area contributed by atoms with Gasteiger partial charge in [-0.3, -0.25) is 0 Å². The molecule has 0 bridgehead atoms. The number of halogens is 1. The molecule has 0 unspecified atom stereocenters. The summed E-state index contributed by atoms with van der Waals surface area (Å²) in [7, 11) is 0. The lowest BCUT2D eigenvalue weighted by Gasteiger charge is -2.05. The van der Waals surface area contributed by atoms with Gasteiger partial charge in [0.2, 0.25) is 11.8 Å². The molecular weight excluding hydrogens is 330 g/mol. The molecule has 21 heavy (non-hydrogen) atoms. The average Bonchev–Trinajstić information content (AvgIpc) is 2.95. The Bertz CT molecular complexity index is 712. The summed E-state index contributed by atoms with van der Waals surface area (Å²) in [6, 6.07) is 18.0. The molecule has 0 aliphatic carbocycles. The predicted octanol–water partition coefficient (Wildman–Crippen LogP) is 4.04. The normalized spacial score (nSPS) is 10.5. The molecule has 3 aromatic rings. The maximum atomic E-state index is 5.65. The molecule has 0 spiro atoms. The molecule has 106 valence electrons. The monoisotopic (exact) mass is 343 g/mol. The van der Waals surface area contributed by atoms with Crippen LogP contribution in [0, 0.1) is 0 Å². The van der Waals surface area contributed by atoms with Crippen LogP contribution in [-0.4, -0.2) is 10.2 Å². The zero-order valence-electron chi connectivity index (χ0n) is 11.3. The van der Waals surface area contributed by atoms with Crippen molar-refractivity contribution in [3.05, 3.63) is 76.4 Å². The molecule has 5 heteroatoms. The first-order valence-corrected chi connectivity index (χ1v) is 7.44. The van der Waals surface area contributed by atoms with E-state index in [-0.39, 0.29) is 0 Å². The highest BCUT2D eigenvalue weighted by Crippen LogP contribution is 2.21. The van der Waals surface area contributed by atoms with E-state index < -0.39 is 0 Å². The van der Waals surface area contributed by atoms with Crippen molar-refractivity contribution < 1.29 is 4.42 Å². The fourth-order valence-electron chi connectivity index (χ4n) is 1.98. The first-order chi connectivity index (χ1) is 10.3. The van der Waals surface area contributed by atoms with Crippen LogP contribution in [0.1, 0.15) is 17.3 Å². The van der Waals surface area contributed by atoms with Gasteiger partial charge in [-0.25, -0.2) is 0 Å². The minimum atomic E-state index is 0.504. The summed E-state index contributed by atoms with van der Waals surface area (Å²) in [4.78, 5) is 0. The van der Waals surface area contributed by atoms with E-state index in [9.17, 15) is 0 Å². The van der Waals surface area contributed by atoms with Crippen LogP contribution in [0.4, 0.5) is 5.69 Å². The fourth-order valence-corrected chi connectivity index (χ4v) is 2.40. The van der Waals surface area contributed by atoms with Gasteiger partial charge in [0.15, 0.2) is 0 Å². The molecule has 0 aliphatic rings. The number of nitrogens with zero attached hydrogens (tertiary/aromatic N) is 2. The van der Waals surface area contributed by atoms with Crippen LogP contribution in [0.2, 0.25) is 0 Å². The van der Waals surface area contributed by atoms with Crippen molar-refractivity contribution >= 4 is 21.6 Å². The number of para-hydroxylation sites is 1. The Kier molecular flexibility index (Phi) is 4.31. The highest BCUT2D eigenvalue weighted by Gasteiger charge is 2.07. The Balaban J connectivity index is 1.62. The van der Waals surface area contributed by atoms with Crippen molar-refractivity contribution in [2.24, 2.45) is 0 Å². The summed E-state index contributed by atoms with van der Waals surface area (Å²) in [6.07, 6.45) is 0.656. The van der Waals surface area contributed by atoms with Crippen LogP contribution < -0.4 is 5.32 Å². The summed E-state index contributed by atoms with van der Waals surface area (Å²) >= 11 is 3.49. The largest absolute Gasteiger partial charge is 0.423 e. The topological polar surface area (TPSA) is 51.0 Å². The van der Waals surface area contributed by atoms with Gasteiger partial charge in [-0.1, -0.05) is 42.5 Å². The Morgan fingerprint density at radius 2 is 1.62 bits per heavy atom. The summed E-state index contributed by atoms with van der Waals surface area (Å²) in [5.41, 5.74) is 2.16. The van der Waals surface area contributed by atoms with Crippen molar-refractivity contribution in [1.82, 2.24) is 10.2 Å². The zero-order chi connectivity index (χ0) is 14.5. The molecule has 0 aliphatic heterocycles. The highest BCUT2D eigenvalue weighted by molar-refractivity contribution is 9.10. The minimum absolute atomic E-state index is 0.504. The van der Waals surface area contributed by atoms with E-state index >= 15 is 0 Å². The van der Waals surface area contributed by atoms with E-state index in [0.717, 1.165) is 15.7 Å². The van der Waals surface area contributed by atoms with Gasteiger partial charge in [0.05, 0.1) is 13.0 Å². The first-order valence-electron chi connectivity index (χ1n) is 6.65. The van der Waals surface area contributed by atoms with Crippen LogP contribution in [0.25, 0.3) is 0 Å². The Morgan fingerprint density at radius 1 is 0.905 bits per heavy atom. The van der Waals surface area contributed by atoms with Crippen LogP contribution in [0.3, 0.4) is 0 Å². The van der Waals surface area contributed by atoms with E-state index in [2.05, 4.69) is 31.4 Å². The van der Waals surface area contributed by atoms with Gasteiger partial charge in [0, 0.05) is 10.2 Å². The van der Waals surface area contributed by atoms with Crippen molar-refractivity contribution in [2.45, 2.75) is 13.0 Å². The van der Waals surface area contributed by atoms with Gasteiger partial charge in [0.25, 0.3) is 0 Å². The van der Waals surface area contributed by atoms with Crippen molar-refractivity contribution in [3.8, 4) is 0 Å². The van der Waals surface area contributed by atoms with Crippen LogP contribution in [-0.2, 0) is 13.0 Å². The highest BCUT2D eigenvalue weighted by atomic mass is 79.9. The average molecular weight is 344 g/mol. The number of nitrogens with one attached hydrogen (secondary N) is 1. The second-order valence-electron chi connectivity index (χ2n) is 4.59. The fraction of sp³-hybridized carbons (Fsp3) is 0.125. The minimum Gasteiger partial charge on any atom is -0.423 e. The van der Waals surface area contributed by atoms with Crippen molar-refractivity contribution in [2.75, 3.05) is 5.32 Å². The Labute approximate surface area is 131 Å². The van der Waals surface area contributed by atoms with Crippen LogP contribution >= 0.6 is 15.9 Å². The second kappa shape index (κ2) is 6.54. The van der Waals surface area contributed by atoms with Gasteiger partial charge < -0.3 is 9.73 Å². The van der Waals surface area contributed by atoms with E-state index in [1.165, 1.54) is 0 Å². The number of rotatable bonds is 5. The van der Waals surface area contributed by atoms with Gasteiger partial charge in [-0.05, 0) is 33.6 Å². The molecule has 4 nitrogen and oxygen atoms in total. The standard InChI is InChI=1S/C16H14BrN3O/c17-13-8-4-5-9-14(13)18-11-16-20-19-15(21-16)10-12-6-2-1-3-7-12/h1-9,18H,10-11H2. The third-order valence-corrected chi connectivity index (χ3v) is 3.70. The van der Waals surface area contributed by atoms with E-state index in [0.29, 0.717) is 24.7 Å². The van der Waals surface area contributed by atoms with Gasteiger partial charge in [-0.2, -0.15) is 0 Å². The maximum absolute atomic E-state index is 5.65. The maximum Gasteiger partial charge on any atom is 0.235 e. The molecule has 0 saturated carbocycles. The van der Waals surface area contributed by atoms with Gasteiger partial charge >= 0.3 is 0 Å². The zero-order valence-corrected chi connectivity index (χ0v) is 12.9. The van der Waals surface area contributed by atoms with E-state index in [4.69, 9.17) is 4.42 Å². The van der Waals surface area contributed by atoms with E-state index in [1.807, 2.05) is 54.6 Å². The predicted molar refractivity (Wildman–Crippen MR) is 85.0 cm³/mol. The van der Waals surface area contributed by atoms with Crippen molar-refractivity contribution in [3.63, 3.8) is 0 Å². The molecule has 1 aromatic heterocycles. The van der Waals surface area contributed by atoms with Crippen molar-refractivity contribution in [1.29, 1.82) is 0 Å². The summed E-state index contributed by atoms with van der Waals surface area (Å²) in [5.74, 6) is 1.21. The Morgan fingerprint density at radius 3 is 2.43 bits per heavy atom. The third-order valence-electron chi connectivity index (χ3n) is 3.01. The lowest BCUT2D eigenvalue weighted by atomic mass is 10.2. The molecule has 2 aromatic carbocycles. The molecule has 1 N–H and O–H groups in total. The van der Waals surface area contributed by atoms with Crippen LogP contribution in [0.15, 0.2) is 63.5 Å². The van der Waals surface area contributed by atoms with Gasteiger partial charge in [0.1, 0.15) is 0 Å². The molecular formula is C16H14BrN3O. The molecule has 1 heterocycles. The lowest BCUT2D eigenvalue weighted by molar-refractivity contribution is 0.464. The SMILES string of the molecule is Brc1ccccc1NCc1nnc(Cc2ccccc2)o1. The van der Waals surface area contributed by atoms with Gasteiger partial charge in [-0.15, -0.1) is 10.2 Å². The van der Waals surface area contributed by atoms with E-state index in [1.54, 1.807) is 0 Å². The molecule has 3 rings (SSSR count). The van der Waals surface area contributed by atoms with Crippen LogP contribution in [0.5, 0.6) is 0 Å². The summed E-state index contributed by atoms with van der Waals surface area (Å²) in [5, 5.41) is 11.4. The number of hydrogen-bond donors (Lipinski definition) is 1. The molecule has 0 fully saturated rings. The number of hydrogen-bond acceptors (Lipinski definition) is 4.